The average Bonchev–Trinajstić information content (AvgIpc) is 2.48. The van der Waals surface area contributed by atoms with Gasteiger partial charge in [0, 0.05) is 17.1 Å². The molecule has 0 bridgehead atoms. The van der Waals surface area contributed by atoms with Gasteiger partial charge in [0.25, 0.3) is 0 Å². The molecule has 0 aliphatic carbocycles. The van der Waals surface area contributed by atoms with Crippen LogP contribution in [-0.2, 0) is 11.2 Å². The average molecular weight is 365 g/mol. The largest absolute Gasteiger partial charge is 0.326 e. The zero-order valence-electron chi connectivity index (χ0n) is 11.6. The normalized spacial score (nSPS) is 15.3. The molecular weight excluding hydrogens is 350 g/mol. The topological polar surface area (TPSA) is 29.1 Å². The molecule has 0 radical (unpaired) electrons. The molecule has 2 aromatic carbocycles. The summed E-state index contributed by atoms with van der Waals surface area (Å²) in [6.07, 6.45) is 1.35. The smallest absolute Gasteiger partial charge is 0.224 e. The molecule has 0 aromatic heterocycles. The first-order valence-corrected chi connectivity index (χ1v) is 8.17. The molecule has 1 aliphatic heterocycles. The predicted molar refractivity (Wildman–Crippen MR) is 90.4 cm³/mol. The predicted octanol–water partition coefficient (Wildman–Crippen LogP) is 5.02. The van der Waals surface area contributed by atoms with Crippen molar-refractivity contribution >= 4 is 39.1 Å². The summed E-state index contributed by atoms with van der Waals surface area (Å²) >= 11 is 9.88. The number of benzene rings is 2. The van der Waals surface area contributed by atoms with Crippen LogP contribution in [0.3, 0.4) is 0 Å². The van der Waals surface area contributed by atoms with Gasteiger partial charge in [-0.1, -0.05) is 45.7 Å². The number of aryl methyl sites for hydroxylation is 2. The van der Waals surface area contributed by atoms with Crippen LogP contribution in [0.2, 0.25) is 5.02 Å². The van der Waals surface area contributed by atoms with E-state index in [2.05, 4.69) is 34.2 Å². The summed E-state index contributed by atoms with van der Waals surface area (Å²) in [5.41, 5.74) is 5.67. The molecule has 2 nitrogen and oxygen atoms in total. The van der Waals surface area contributed by atoms with Gasteiger partial charge in [0.2, 0.25) is 5.91 Å². The summed E-state index contributed by atoms with van der Waals surface area (Å²) in [6.45, 7) is 2.08. The molecule has 108 valence electrons. The van der Waals surface area contributed by atoms with Crippen molar-refractivity contribution in [3.8, 4) is 0 Å². The number of anilines is 1. The van der Waals surface area contributed by atoms with Gasteiger partial charge in [0.05, 0.1) is 4.83 Å². The number of carbonyl (C=O) groups excluding carboxylic acids is 1. The van der Waals surface area contributed by atoms with E-state index in [9.17, 15) is 4.79 Å². The number of carbonyl (C=O) groups is 1. The van der Waals surface area contributed by atoms with Crippen LogP contribution in [0.1, 0.15) is 33.5 Å². The van der Waals surface area contributed by atoms with Crippen LogP contribution < -0.4 is 5.32 Å². The third-order valence-electron chi connectivity index (χ3n) is 3.83. The number of alkyl halides is 1. The van der Waals surface area contributed by atoms with Crippen LogP contribution in [0.25, 0.3) is 0 Å². The lowest BCUT2D eigenvalue weighted by molar-refractivity contribution is -0.116. The van der Waals surface area contributed by atoms with Crippen molar-refractivity contribution < 1.29 is 4.79 Å². The van der Waals surface area contributed by atoms with Gasteiger partial charge in [-0.05, 0) is 53.8 Å². The molecule has 0 fully saturated rings. The Hall–Kier alpha value is -1.32. The standard InChI is InChI=1S/C17H15BrClNO/c1-10-2-5-13(19)9-14(10)17(18)12-3-6-15-11(8-12)4-7-16(21)20-15/h2-3,5-6,8-9,17H,4,7H2,1H3,(H,20,21). The Kier molecular flexibility index (Phi) is 4.05. The molecule has 21 heavy (non-hydrogen) atoms. The fourth-order valence-electron chi connectivity index (χ4n) is 2.62. The van der Waals surface area contributed by atoms with Gasteiger partial charge in [0.15, 0.2) is 0 Å². The molecule has 3 rings (SSSR count). The van der Waals surface area contributed by atoms with E-state index in [0.29, 0.717) is 6.42 Å². The van der Waals surface area contributed by atoms with Crippen LogP contribution in [-0.4, -0.2) is 5.91 Å². The van der Waals surface area contributed by atoms with Crippen molar-refractivity contribution in [3.63, 3.8) is 0 Å². The number of fused-ring (bicyclic) bond motifs is 1. The Bertz CT molecular complexity index is 714. The minimum absolute atomic E-state index is 0.0938. The number of hydrogen-bond donors (Lipinski definition) is 1. The monoisotopic (exact) mass is 363 g/mol. The highest BCUT2D eigenvalue weighted by Crippen LogP contribution is 2.36. The van der Waals surface area contributed by atoms with E-state index in [0.717, 1.165) is 17.1 Å². The molecule has 1 N–H and O–H groups in total. The fourth-order valence-corrected chi connectivity index (χ4v) is 3.58. The molecule has 1 atom stereocenters. The van der Waals surface area contributed by atoms with E-state index in [1.54, 1.807) is 0 Å². The number of amides is 1. The summed E-state index contributed by atoms with van der Waals surface area (Å²) in [6, 6.07) is 12.1. The van der Waals surface area contributed by atoms with E-state index in [1.807, 2.05) is 30.3 Å². The summed E-state index contributed by atoms with van der Waals surface area (Å²) in [5.74, 6) is 0.0938. The first-order chi connectivity index (χ1) is 10.0. The third-order valence-corrected chi connectivity index (χ3v) is 5.09. The van der Waals surface area contributed by atoms with E-state index in [1.165, 1.54) is 22.3 Å². The quantitative estimate of drug-likeness (QED) is 0.745. The molecule has 1 amide bonds. The number of rotatable bonds is 2. The minimum atomic E-state index is 0.0938. The van der Waals surface area contributed by atoms with E-state index < -0.39 is 0 Å². The summed E-state index contributed by atoms with van der Waals surface area (Å²) < 4.78 is 0. The zero-order chi connectivity index (χ0) is 15.0. The lowest BCUT2D eigenvalue weighted by atomic mass is 9.95. The molecule has 4 heteroatoms. The molecule has 0 spiro atoms. The Morgan fingerprint density at radius 3 is 2.81 bits per heavy atom. The molecular formula is C17H15BrClNO. The summed E-state index contributed by atoms with van der Waals surface area (Å²) in [5, 5.41) is 3.65. The van der Waals surface area contributed by atoms with Gasteiger partial charge < -0.3 is 5.32 Å². The highest BCUT2D eigenvalue weighted by atomic mass is 79.9. The second-order valence-electron chi connectivity index (χ2n) is 5.33. The van der Waals surface area contributed by atoms with Crippen LogP contribution in [0.15, 0.2) is 36.4 Å². The van der Waals surface area contributed by atoms with Gasteiger partial charge >= 0.3 is 0 Å². The first-order valence-electron chi connectivity index (χ1n) is 6.87. The summed E-state index contributed by atoms with van der Waals surface area (Å²) in [7, 11) is 0. The van der Waals surface area contributed by atoms with Crippen molar-refractivity contribution in [2.45, 2.75) is 24.6 Å². The zero-order valence-corrected chi connectivity index (χ0v) is 14.0. The second kappa shape index (κ2) is 5.82. The summed E-state index contributed by atoms with van der Waals surface area (Å²) in [4.78, 5) is 11.5. The lowest BCUT2D eigenvalue weighted by Crippen LogP contribution is -2.19. The maximum Gasteiger partial charge on any atom is 0.224 e. The van der Waals surface area contributed by atoms with Crippen LogP contribution in [0.5, 0.6) is 0 Å². The first kappa shape index (κ1) is 14.6. The fraction of sp³-hybridized carbons (Fsp3) is 0.235. The van der Waals surface area contributed by atoms with Gasteiger partial charge in [0.1, 0.15) is 0 Å². The van der Waals surface area contributed by atoms with Gasteiger partial charge in [-0.2, -0.15) is 0 Å². The minimum Gasteiger partial charge on any atom is -0.326 e. The Balaban J connectivity index is 1.97. The maximum absolute atomic E-state index is 11.4. The van der Waals surface area contributed by atoms with E-state index in [4.69, 9.17) is 11.6 Å². The molecule has 0 saturated heterocycles. The van der Waals surface area contributed by atoms with Crippen molar-refractivity contribution in [1.82, 2.24) is 0 Å². The van der Waals surface area contributed by atoms with Crippen LogP contribution in [0.4, 0.5) is 5.69 Å². The Morgan fingerprint density at radius 1 is 1.19 bits per heavy atom. The van der Waals surface area contributed by atoms with E-state index >= 15 is 0 Å². The van der Waals surface area contributed by atoms with E-state index in [-0.39, 0.29) is 10.7 Å². The molecule has 1 heterocycles. The van der Waals surface area contributed by atoms with Crippen molar-refractivity contribution in [2.24, 2.45) is 0 Å². The molecule has 0 saturated carbocycles. The number of halogens is 2. The van der Waals surface area contributed by atoms with Crippen molar-refractivity contribution in [2.75, 3.05) is 5.32 Å². The van der Waals surface area contributed by atoms with Crippen LogP contribution >= 0.6 is 27.5 Å². The Morgan fingerprint density at radius 2 is 2.00 bits per heavy atom. The van der Waals surface area contributed by atoms with Crippen molar-refractivity contribution in [1.29, 1.82) is 0 Å². The molecule has 1 unspecified atom stereocenters. The van der Waals surface area contributed by atoms with Gasteiger partial charge in [-0.25, -0.2) is 0 Å². The lowest BCUT2D eigenvalue weighted by Gasteiger charge is -2.20. The second-order valence-corrected chi connectivity index (χ2v) is 6.68. The molecule has 2 aromatic rings. The number of hydrogen-bond acceptors (Lipinski definition) is 1. The maximum atomic E-state index is 11.4. The highest BCUT2D eigenvalue weighted by molar-refractivity contribution is 9.09. The van der Waals surface area contributed by atoms with Crippen molar-refractivity contribution in [3.05, 3.63) is 63.7 Å². The molecule has 1 aliphatic rings. The van der Waals surface area contributed by atoms with Crippen LogP contribution in [0, 0.1) is 6.92 Å². The van der Waals surface area contributed by atoms with Gasteiger partial charge in [-0.15, -0.1) is 0 Å². The SMILES string of the molecule is Cc1ccc(Cl)cc1C(Br)c1ccc2c(c1)CCC(=O)N2. The highest BCUT2D eigenvalue weighted by Gasteiger charge is 2.18. The third kappa shape index (κ3) is 2.99. The number of nitrogens with one attached hydrogen (secondary N) is 1. The van der Waals surface area contributed by atoms with Gasteiger partial charge in [-0.3, -0.25) is 4.79 Å². The Labute approximate surface area is 137 Å².